The number of anilines is 2. The van der Waals surface area contributed by atoms with Gasteiger partial charge in [0.1, 0.15) is 17.6 Å². The molecule has 3 rings (SSSR count). The zero-order valence-electron chi connectivity index (χ0n) is 25.9. The third kappa shape index (κ3) is 8.48. The molecule has 0 saturated carbocycles. The van der Waals surface area contributed by atoms with Crippen molar-refractivity contribution in [1.82, 2.24) is 19.9 Å². The van der Waals surface area contributed by atoms with Crippen LogP contribution >= 0.6 is 0 Å². The molecule has 2 amide bonds. The first kappa shape index (κ1) is 32.0. The molecule has 13 heteroatoms. The summed E-state index contributed by atoms with van der Waals surface area (Å²) in [7, 11) is 4.42. The Bertz CT molecular complexity index is 1380. The minimum atomic E-state index is -0.617. The molecule has 3 aromatic rings. The molecule has 42 heavy (non-hydrogen) atoms. The number of carbonyl (C=O) groups excluding carboxylic acids is 2. The van der Waals surface area contributed by atoms with Gasteiger partial charge in [0.2, 0.25) is 17.7 Å². The summed E-state index contributed by atoms with van der Waals surface area (Å²) in [6.07, 6.45) is 0.652. The standard InChI is InChI=1S/C29H40N6O7/c1-17-11-12-18(28(2,3)4)15-20(17)41-26-31-19(16-40-26)22(36)32-21-23(38-9)33-25(34-24(21)39-10)30-13-14-35(8)27(37)42-29(5,6)7/h11-12,15-16H,13-14H2,1-10H3,(H,32,36)(H,30,33,34). The average molecular weight is 585 g/mol. The van der Waals surface area contributed by atoms with E-state index in [2.05, 4.69) is 46.4 Å². The summed E-state index contributed by atoms with van der Waals surface area (Å²) < 4.78 is 27.4. The molecule has 2 aromatic heterocycles. The average Bonchev–Trinajstić information content (AvgIpc) is 3.37. The number of aryl methyl sites for hydroxylation is 1. The first-order valence-electron chi connectivity index (χ1n) is 13.3. The van der Waals surface area contributed by atoms with E-state index in [0.29, 0.717) is 18.8 Å². The van der Waals surface area contributed by atoms with Gasteiger partial charge in [-0.15, -0.1) is 0 Å². The van der Waals surface area contributed by atoms with Crippen molar-refractivity contribution in [2.75, 3.05) is 45.0 Å². The van der Waals surface area contributed by atoms with Gasteiger partial charge in [0, 0.05) is 20.1 Å². The van der Waals surface area contributed by atoms with E-state index in [9.17, 15) is 9.59 Å². The largest absolute Gasteiger partial charge is 0.479 e. The van der Waals surface area contributed by atoms with Crippen LogP contribution in [0.2, 0.25) is 0 Å². The van der Waals surface area contributed by atoms with Crippen molar-refractivity contribution in [2.45, 2.75) is 59.5 Å². The van der Waals surface area contributed by atoms with Crippen molar-refractivity contribution in [3.63, 3.8) is 0 Å². The third-order valence-corrected chi connectivity index (χ3v) is 5.87. The van der Waals surface area contributed by atoms with Crippen molar-refractivity contribution < 1.29 is 33.0 Å². The van der Waals surface area contributed by atoms with Crippen LogP contribution < -0.4 is 24.8 Å². The van der Waals surface area contributed by atoms with Crippen LogP contribution in [0.5, 0.6) is 23.6 Å². The Morgan fingerprint density at radius 1 is 1.00 bits per heavy atom. The number of rotatable bonds is 10. The van der Waals surface area contributed by atoms with E-state index in [0.717, 1.165) is 11.1 Å². The van der Waals surface area contributed by atoms with Gasteiger partial charge in [0.15, 0.2) is 11.4 Å². The van der Waals surface area contributed by atoms with Gasteiger partial charge in [0.25, 0.3) is 5.91 Å². The Kier molecular flexibility index (Phi) is 9.87. The first-order chi connectivity index (χ1) is 19.6. The second-order valence-corrected chi connectivity index (χ2v) is 11.6. The molecule has 0 saturated heterocycles. The zero-order valence-corrected chi connectivity index (χ0v) is 25.9. The summed E-state index contributed by atoms with van der Waals surface area (Å²) in [5.41, 5.74) is 1.37. The normalized spacial score (nSPS) is 11.5. The number of nitrogens with one attached hydrogen (secondary N) is 2. The number of hydrogen-bond donors (Lipinski definition) is 2. The van der Waals surface area contributed by atoms with Crippen LogP contribution in [0.1, 0.15) is 63.2 Å². The van der Waals surface area contributed by atoms with Crippen LogP contribution in [0.4, 0.5) is 16.4 Å². The maximum Gasteiger partial charge on any atom is 0.410 e. The van der Waals surface area contributed by atoms with Crippen LogP contribution in [0.25, 0.3) is 0 Å². The van der Waals surface area contributed by atoms with Gasteiger partial charge >= 0.3 is 12.2 Å². The van der Waals surface area contributed by atoms with Gasteiger partial charge < -0.3 is 38.9 Å². The quantitative estimate of drug-likeness (QED) is 0.315. The number of nitrogens with zero attached hydrogens (tertiary/aromatic N) is 4. The van der Waals surface area contributed by atoms with Crippen molar-refractivity contribution in [3.05, 3.63) is 41.3 Å². The number of oxazole rings is 1. The Balaban J connectivity index is 1.70. The van der Waals surface area contributed by atoms with E-state index in [1.54, 1.807) is 27.8 Å². The molecule has 0 atom stereocenters. The Labute approximate surface area is 245 Å². The second kappa shape index (κ2) is 13.0. The summed E-state index contributed by atoms with van der Waals surface area (Å²) in [6, 6.07) is 5.93. The van der Waals surface area contributed by atoms with Gasteiger partial charge in [-0.3, -0.25) is 4.79 Å². The third-order valence-electron chi connectivity index (χ3n) is 5.87. The van der Waals surface area contributed by atoms with Crippen LogP contribution in [0.15, 0.2) is 28.9 Å². The highest BCUT2D eigenvalue weighted by Gasteiger charge is 2.23. The Morgan fingerprint density at radius 3 is 2.21 bits per heavy atom. The minimum absolute atomic E-state index is 0.0360. The molecule has 0 bridgehead atoms. The number of hydrogen-bond acceptors (Lipinski definition) is 11. The number of carbonyl (C=O) groups is 2. The van der Waals surface area contributed by atoms with E-state index < -0.39 is 17.6 Å². The fourth-order valence-electron chi connectivity index (χ4n) is 3.53. The Hall–Kier alpha value is -4.55. The molecule has 1 aromatic carbocycles. The summed E-state index contributed by atoms with van der Waals surface area (Å²) in [4.78, 5) is 39.4. The van der Waals surface area contributed by atoms with Crippen molar-refractivity contribution in [1.29, 1.82) is 0 Å². The maximum absolute atomic E-state index is 13.0. The number of amides is 2. The summed E-state index contributed by atoms with van der Waals surface area (Å²) in [5.74, 6) is 0.229. The predicted molar refractivity (Wildman–Crippen MR) is 157 cm³/mol. The zero-order chi connectivity index (χ0) is 31.2. The van der Waals surface area contributed by atoms with Crippen molar-refractivity contribution in [2.24, 2.45) is 0 Å². The van der Waals surface area contributed by atoms with Gasteiger partial charge in [-0.1, -0.05) is 32.9 Å². The summed E-state index contributed by atoms with van der Waals surface area (Å²) in [5, 5.41) is 5.67. The molecular formula is C29H40N6O7. The molecule has 2 heterocycles. The molecule has 228 valence electrons. The van der Waals surface area contributed by atoms with Crippen LogP contribution in [-0.2, 0) is 10.2 Å². The number of ether oxygens (including phenoxy) is 4. The van der Waals surface area contributed by atoms with Crippen LogP contribution in [0, 0.1) is 6.92 Å². The molecule has 0 aliphatic rings. The van der Waals surface area contributed by atoms with Crippen molar-refractivity contribution in [3.8, 4) is 23.6 Å². The fourth-order valence-corrected chi connectivity index (χ4v) is 3.53. The Morgan fingerprint density at radius 2 is 1.64 bits per heavy atom. The van der Waals surface area contributed by atoms with E-state index in [-0.39, 0.29) is 40.6 Å². The summed E-state index contributed by atoms with van der Waals surface area (Å²) >= 11 is 0. The number of likely N-dealkylation sites (N-methyl/N-ethyl adjacent to an activating group) is 1. The lowest BCUT2D eigenvalue weighted by atomic mass is 9.86. The lowest BCUT2D eigenvalue weighted by Gasteiger charge is -2.24. The van der Waals surface area contributed by atoms with Gasteiger partial charge in [-0.05, 0) is 50.3 Å². The first-order valence-corrected chi connectivity index (χ1v) is 13.3. The molecule has 13 nitrogen and oxygen atoms in total. The van der Waals surface area contributed by atoms with E-state index in [1.165, 1.54) is 25.4 Å². The SMILES string of the molecule is COc1nc(NCCN(C)C(=O)OC(C)(C)C)nc(OC)c1NC(=O)c1coc(Oc2cc(C(C)(C)C)ccc2C)n1. The molecule has 0 unspecified atom stereocenters. The lowest BCUT2D eigenvalue weighted by molar-refractivity contribution is 0.0305. The van der Waals surface area contributed by atoms with Crippen LogP contribution in [-0.4, -0.2) is 71.8 Å². The minimum Gasteiger partial charge on any atom is -0.479 e. The predicted octanol–water partition coefficient (Wildman–Crippen LogP) is 5.41. The monoisotopic (exact) mass is 584 g/mol. The topological polar surface area (TPSA) is 150 Å². The molecule has 0 aliphatic carbocycles. The number of aromatic nitrogens is 3. The number of benzene rings is 1. The summed E-state index contributed by atoms with van der Waals surface area (Å²) in [6.45, 7) is 14.3. The van der Waals surface area contributed by atoms with Gasteiger partial charge in [-0.25, -0.2) is 4.79 Å². The van der Waals surface area contributed by atoms with Crippen LogP contribution in [0.3, 0.4) is 0 Å². The maximum atomic E-state index is 13.0. The molecule has 0 spiro atoms. The van der Waals surface area contributed by atoms with Gasteiger partial charge in [-0.2, -0.15) is 15.0 Å². The molecular weight excluding hydrogens is 544 g/mol. The molecule has 0 fully saturated rings. The van der Waals surface area contributed by atoms with Crippen molar-refractivity contribution >= 4 is 23.6 Å². The molecule has 2 N–H and O–H groups in total. The van der Waals surface area contributed by atoms with E-state index >= 15 is 0 Å². The molecule has 0 radical (unpaired) electrons. The highest BCUT2D eigenvalue weighted by Crippen LogP contribution is 2.34. The number of methoxy groups -OCH3 is 2. The smallest absolute Gasteiger partial charge is 0.410 e. The van der Waals surface area contributed by atoms with E-state index in [4.69, 9.17) is 23.4 Å². The molecule has 0 aliphatic heterocycles. The highest BCUT2D eigenvalue weighted by molar-refractivity contribution is 6.04. The van der Waals surface area contributed by atoms with E-state index in [1.807, 2.05) is 25.1 Å². The second-order valence-electron chi connectivity index (χ2n) is 11.6. The van der Waals surface area contributed by atoms with Gasteiger partial charge in [0.05, 0.1) is 14.2 Å². The lowest BCUT2D eigenvalue weighted by Crippen LogP contribution is -2.36. The highest BCUT2D eigenvalue weighted by atomic mass is 16.6. The fraction of sp³-hybridized carbons (Fsp3) is 0.483.